The fraction of sp³-hybridized carbons (Fsp3) is 0.478. The third kappa shape index (κ3) is 7.13. The molecule has 1 heterocycles. The lowest BCUT2D eigenvalue weighted by molar-refractivity contribution is -0.0493. The maximum Gasteiger partial charge on any atom is 0.387 e. The second kappa shape index (κ2) is 12.3. The smallest absolute Gasteiger partial charge is 0.387 e. The third-order valence-electron chi connectivity index (χ3n) is 4.90. The molecule has 0 spiro atoms. The van der Waals surface area contributed by atoms with Crippen LogP contribution in [0, 0.1) is 0 Å². The first kappa shape index (κ1) is 25.5. The Morgan fingerprint density at radius 3 is 2.31 bits per heavy atom. The zero-order valence-electron chi connectivity index (χ0n) is 19.6. The van der Waals surface area contributed by atoms with Crippen molar-refractivity contribution in [1.29, 1.82) is 0 Å². The molecular formula is C23H35F2N5O2. The highest BCUT2D eigenvalue weighted by atomic mass is 19.3. The number of rotatable bonds is 8. The van der Waals surface area contributed by atoms with Gasteiger partial charge in [0.05, 0.1) is 18.5 Å². The lowest BCUT2D eigenvalue weighted by Gasteiger charge is -2.37. The van der Waals surface area contributed by atoms with E-state index in [2.05, 4.69) is 31.0 Å². The molecule has 0 aliphatic carbocycles. The van der Waals surface area contributed by atoms with Crippen LogP contribution in [0.2, 0.25) is 0 Å². The number of piperazine rings is 1. The summed E-state index contributed by atoms with van der Waals surface area (Å²) in [6, 6.07) is 11.1. The SMILES string of the molecule is CC.COc1cc(CN(C)C)ccc1NN1CCN(c2ccc(N)c(OC(F)F)c2)CC1. The molecule has 0 unspecified atom stereocenters. The predicted octanol–water partition coefficient (Wildman–Crippen LogP) is 4.12. The molecule has 1 aliphatic heterocycles. The van der Waals surface area contributed by atoms with Gasteiger partial charge in [0, 0.05) is 44.5 Å². The van der Waals surface area contributed by atoms with Gasteiger partial charge in [0.25, 0.3) is 0 Å². The van der Waals surface area contributed by atoms with E-state index in [1.165, 1.54) is 5.56 Å². The number of ether oxygens (including phenoxy) is 2. The quantitative estimate of drug-likeness (QED) is 0.586. The first-order chi connectivity index (χ1) is 15.4. The number of benzene rings is 2. The first-order valence-corrected chi connectivity index (χ1v) is 10.8. The average Bonchev–Trinajstić information content (AvgIpc) is 2.77. The van der Waals surface area contributed by atoms with E-state index in [-0.39, 0.29) is 11.4 Å². The highest BCUT2D eigenvalue weighted by Crippen LogP contribution is 2.30. The van der Waals surface area contributed by atoms with E-state index in [4.69, 9.17) is 10.5 Å². The summed E-state index contributed by atoms with van der Waals surface area (Å²) in [6.07, 6.45) is 0. The van der Waals surface area contributed by atoms with Crippen LogP contribution in [0.5, 0.6) is 11.5 Å². The molecule has 32 heavy (non-hydrogen) atoms. The topological polar surface area (TPSA) is 66.2 Å². The van der Waals surface area contributed by atoms with Gasteiger partial charge < -0.3 is 30.4 Å². The minimum Gasteiger partial charge on any atom is -0.495 e. The van der Waals surface area contributed by atoms with Crippen molar-refractivity contribution in [3.05, 3.63) is 42.0 Å². The molecule has 3 rings (SSSR count). The molecule has 1 fully saturated rings. The number of hydrogen-bond acceptors (Lipinski definition) is 7. The molecular weight excluding hydrogens is 416 g/mol. The van der Waals surface area contributed by atoms with Gasteiger partial charge in [-0.3, -0.25) is 0 Å². The molecule has 3 N–H and O–H groups in total. The Balaban J connectivity index is 0.00000176. The lowest BCUT2D eigenvalue weighted by atomic mass is 10.2. The van der Waals surface area contributed by atoms with Crippen molar-refractivity contribution < 1.29 is 18.3 Å². The second-order valence-electron chi connectivity index (χ2n) is 7.46. The molecule has 0 bridgehead atoms. The van der Waals surface area contributed by atoms with Gasteiger partial charge in [-0.1, -0.05) is 19.9 Å². The van der Waals surface area contributed by atoms with Crippen molar-refractivity contribution in [1.82, 2.24) is 9.91 Å². The largest absolute Gasteiger partial charge is 0.495 e. The number of hydrazine groups is 1. The summed E-state index contributed by atoms with van der Waals surface area (Å²) in [5, 5.41) is 2.12. The van der Waals surface area contributed by atoms with Crippen molar-refractivity contribution in [2.45, 2.75) is 27.0 Å². The van der Waals surface area contributed by atoms with Gasteiger partial charge in [-0.2, -0.15) is 8.78 Å². The number of nitrogen functional groups attached to an aromatic ring is 1. The van der Waals surface area contributed by atoms with Gasteiger partial charge in [-0.15, -0.1) is 0 Å². The average molecular weight is 452 g/mol. The van der Waals surface area contributed by atoms with Gasteiger partial charge >= 0.3 is 6.61 Å². The van der Waals surface area contributed by atoms with E-state index in [1.54, 1.807) is 19.2 Å². The number of nitrogens with one attached hydrogen (secondary N) is 1. The maximum atomic E-state index is 12.6. The predicted molar refractivity (Wildman–Crippen MR) is 127 cm³/mol. The molecule has 9 heteroatoms. The molecule has 0 radical (unpaired) electrons. The van der Waals surface area contributed by atoms with Crippen molar-refractivity contribution in [2.75, 3.05) is 63.4 Å². The number of alkyl halides is 2. The van der Waals surface area contributed by atoms with Gasteiger partial charge in [-0.25, -0.2) is 5.01 Å². The van der Waals surface area contributed by atoms with Crippen LogP contribution in [-0.2, 0) is 6.54 Å². The van der Waals surface area contributed by atoms with E-state index < -0.39 is 6.61 Å². The molecule has 2 aromatic rings. The normalized spacial score (nSPS) is 14.2. The zero-order chi connectivity index (χ0) is 23.7. The standard InChI is InChI=1S/C21H29F2N5O2.C2H6/c1-26(2)14-15-4-7-18(20(12-15)29-3)25-28-10-8-27(9-11-28)16-5-6-17(24)19(13-16)30-21(22)23;1-2/h4-7,12-13,21,25H,8-11,14,24H2,1-3H3;1-2H3. The van der Waals surface area contributed by atoms with Gasteiger partial charge in [0.15, 0.2) is 5.75 Å². The van der Waals surface area contributed by atoms with Crippen molar-refractivity contribution in [2.24, 2.45) is 0 Å². The fourth-order valence-corrected chi connectivity index (χ4v) is 3.46. The summed E-state index contributed by atoms with van der Waals surface area (Å²) in [4.78, 5) is 4.23. The number of halogens is 2. The van der Waals surface area contributed by atoms with Crippen LogP contribution in [0.4, 0.5) is 25.8 Å². The lowest BCUT2D eigenvalue weighted by Crippen LogP contribution is -2.48. The van der Waals surface area contributed by atoms with Crippen LogP contribution in [0.15, 0.2) is 36.4 Å². The summed E-state index contributed by atoms with van der Waals surface area (Å²) in [7, 11) is 5.72. The summed E-state index contributed by atoms with van der Waals surface area (Å²) in [6.45, 7) is 4.89. The number of methoxy groups -OCH3 is 1. The number of nitrogens with two attached hydrogens (primary N) is 1. The molecule has 178 valence electrons. The Morgan fingerprint density at radius 2 is 1.72 bits per heavy atom. The molecule has 7 nitrogen and oxygen atoms in total. The summed E-state index contributed by atoms with van der Waals surface area (Å²) >= 11 is 0. The van der Waals surface area contributed by atoms with Crippen molar-refractivity contribution in [3.8, 4) is 11.5 Å². The maximum absolute atomic E-state index is 12.6. The van der Waals surface area contributed by atoms with Crippen LogP contribution in [0.1, 0.15) is 19.4 Å². The van der Waals surface area contributed by atoms with Crippen LogP contribution >= 0.6 is 0 Å². The minimum atomic E-state index is -2.90. The van der Waals surface area contributed by atoms with Crippen LogP contribution in [0.25, 0.3) is 0 Å². The highest BCUT2D eigenvalue weighted by molar-refractivity contribution is 5.63. The van der Waals surface area contributed by atoms with E-state index in [0.29, 0.717) is 0 Å². The van der Waals surface area contributed by atoms with Crippen LogP contribution in [0.3, 0.4) is 0 Å². The van der Waals surface area contributed by atoms with E-state index in [0.717, 1.165) is 49.8 Å². The van der Waals surface area contributed by atoms with Gasteiger partial charge in [-0.05, 0) is 43.9 Å². The summed E-state index contributed by atoms with van der Waals surface area (Å²) in [5.41, 5.74) is 12.3. The zero-order valence-corrected chi connectivity index (χ0v) is 19.6. The minimum absolute atomic E-state index is 0.00519. The van der Waals surface area contributed by atoms with Gasteiger partial charge in [0.1, 0.15) is 5.75 Å². The van der Waals surface area contributed by atoms with Crippen molar-refractivity contribution in [3.63, 3.8) is 0 Å². The first-order valence-electron chi connectivity index (χ1n) is 10.8. The third-order valence-corrected chi connectivity index (χ3v) is 4.90. The second-order valence-corrected chi connectivity index (χ2v) is 7.46. The fourth-order valence-electron chi connectivity index (χ4n) is 3.46. The Hall–Kier alpha value is -2.78. The van der Waals surface area contributed by atoms with E-state index in [9.17, 15) is 8.78 Å². The Labute approximate surface area is 189 Å². The van der Waals surface area contributed by atoms with Gasteiger partial charge in [0.2, 0.25) is 0 Å². The summed E-state index contributed by atoms with van der Waals surface area (Å²) in [5.74, 6) is 0.801. The summed E-state index contributed by atoms with van der Waals surface area (Å²) < 4.78 is 35.2. The molecule has 0 saturated carbocycles. The number of hydrogen-bond donors (Lipinski definition) is 2. The van der Waals surface area contributed by atoms with E-state index >= 15 is 0 Å². The molecule has 0 atom stereocenters. The monoisotopic (exact) mass is 451 g/mol. The highest BCUT2D eigenvalue weighted by Gasteiger charge is 2.20. The van der Waals surface area contributed by atoms with E-state index in [1.807, 2.05) is 46.1 Å². The van der Waals surface area contributed by atoms with Crippen LogP contribution < -0.4 is 25.5 Å². The molecule has 0 aromatic heterocycles. The molecule has 0 amide bonds. The Kier molecular flexibility index (Phi) is 9.80. The Morgan fingerprint density at radius 1 is 1.03 bits per heavy atom. The molecule has 2 aromatic carbocycles. The van der Waals surface area contributed by atoms with Crippen LogP contribution in [-0.4, -0.2) is 63.9 Å². The number of nitrogens with zero attached hydrogens (tertiary/aromatic N) is 3. The van der Waals surface area contributed by atoms with Crippen molar-refractivity contribution >= 4 is 17.1 Å². The Bertz CT molecular complexity index is 843. The number of anilines is 3. The molecule has 1 saturated heterocycles. The molecule has 1 aliphatic rings.